The van der Waals surface area contributed by atoms with E-state index in [9.17, 15) is 9.90 Å². The summed E-state index contributed by atoms with van der Waals surface area (Å²) in [5.74, 6) is 2.86. The topological polar surface area (TPSA) is 75.8 Å². The fraction of sp³-hybridized carbons (Fsp3) is 0.360. The Morgan fingerprint density at radius 1 is 1.28 bits per heavy atom. The van der Waals surface area contributed by atoms with Crippen LogP contribution in [-0.4, -0.2) is 45.1 Å². The Labute approximate surface area is 192 Å². The van der Waals surface area contributed by atoms with Crippen molar-refractivity contribution in [2.45, 2.75) is 39.5 Å². The van der Waals surface area contributed by atoms with Gasteiger partial charge in [0, 0.05) is 30.2 Å². The third-order valence-corrected chi connectivity index (χ3v) is 6.66. The van der Waals surface area contributed by atoms with Gasteiger partial charge in [-0.1, -0.05) is 29.8 Å². The minimum Gasteiger partial charge on any atom is -0.484 e. The summed E-state index contributed by atoms with van der Waals surface area (Å²) in [6, 6.07) is 15.5. The molecule has 0 radical (unpaired) electrons. The Bertz CT molecular complexity index is 1080. The number of hydrogen-bond acceptors (Lipinski definition) is 6. The molecule has 1 N–H and O–H groups in total. The van der Waals surface area contributed by atoms with Crippen molar-refractivity contribution in [2.75, 3.05) is 18.1 Å². The lowest BCUT2D eigenvalue weighted by Gasteiger charge is -2.32. The third kappa shape index (κ3) is 5.16. The number of thioether (sulfide) groups is 1. The van der Waals surface area contributed by atoms with Crippen LogP contribution in [0.15, 0.2) is 52.9 Å². The van der Waals surface area contributed by atoms with Gasteiger partial charge in [-0.2, -0.15) is 11.8 Å². The zero-order valence-electron chi connectivity index (χ0n) is 18.6. The molecule has 1 aliphatic heterocycles. The van der Waals surface area contributed by atoms with Crippen molar-refractivity contribution >= 4 is 17.7 Å². The van der Waals surface area contributed by atoms with E-state index in [0.717, 1.165) is 40.6 Å². The smallest absolute Gasteiger partial charge is 0.321 e. The summed E-state index contributed by atoms with van der Waals surface area (Å²) in [5, 5.41) is 9.51. The minimum absolute atomic E-state index is 0.286. The van der Waals surface area contributed by atoms with Gasteiger partial charge < -0.3 is 14.3 Å². The van der Waals surface area contributed by atoms with Gasteiger partial charge >= 0.3 is 5.97 Å². The van der Waals surface area contributed by atoms with Crippen molar-refractivity contribution in [2.24, 2.45) is 0 Å². The van der Waals surface area contributed by atoms with Gasteiger partial charge in [0.15, 0.2) is 0 Å². The van der Waals surface area contributed by atoms with Crippen molar-refractivity contribution in [3.8, 4) is 17.2 Å². The SMILES string of the molecule is Cc1ccc(-c2nc(C(C)Oc3cccc(CN4CCSCC4C(=O)O)c3)c(C)o2)cc1. The maximum atomic E-state index is 11.6. The van der Waals surface area contributed by atoms with Crippen LogP contribution >= 0.6 is 11.8 Å². The summed E-state index contributed by atoms with van der Waals surface area (Å²) < 4.78 is 12.1. The number of nitrogens with zero attached hydrogens (tertiary/aromatic N) is 2. The first-order valence-corrected chi connectivity index (χ1v) is 11.9. The number of ether oxygens (including phenoxy) is 1. The molecule has 1 saturated heterocycles. The fourth-order valence-electron chi connectivity index (χ4n) is 3.87. The molecule has 0 saturated carbocycles. The molecule has 168 valence electrons. The van der Waals surface area contributed by atoms with E-state index < -0.39 is 12.0 Å². The molecule has 7 heteroatoms. The predicted octanol–water partition coefficient (Wildman–Crippen LogP) is 5.10. The van der Waals surface area contributed by atoms with E-state index in [2.05, 4.69) is 4.98 Å². The van der Waals surface area contributed by atoms with Gasteiger partial charge in [-0.15, -0.1) is 0 Å². The molecular weight excluding hydrogens is 424 g/mol. The van der Waals surface area contributed by atoms with E-state index in [1.165, 1.54) is 5.56 Å². The van der Waals surface area contributed by atoms with Crippen molar-refractivity contribution in [1.29, 1.82) is 0 Å². The highest BCUT2D eigenvalue weighted by Crippen LogP contribution is 2.29. The highest BCUT2D eigenvalue weighted by atomic mass is 32.2. The molecule has 2 unspecified atom stereocenters. The first kappa shape index (κ1) is 22.4. The van der Waals surface area contributed by atoms with Crippen LogP contribution in [0.25, 0.3) is 11.5 Å². The van der Waals surface area contributed by atoms with Gasteiger partial charge in [-0.05, 0) is 50.6 Å². The lowest BCUT2D eigenvalue weighted by atomic mass is 10.1. The lowest BCUT2D eigenvalue weighted by Crippen LogP contribution is -2.46. The quantitative estimate of drug-likeness (QED) is 0.534. The van der Waals surface area contributed by atoms with E-state index in [1.807, 2.05) is 74.2 Å². The summed E-state index contributed by atoms with van der Waals surface area (Å²) in [7, 11) is 0. The summed E-state index contributed by atoms with van der Waals surface area (Å²) in [6.45, 7) is 7.26. The van der Waals surface area contributed by atoms with Gasteiger partial charge in [-0.25, -0.2) is 4.98 Å². The molecule has 1 aromatic heterocycles. The highest BCUT2D eigenvalue weighted by Gasteiger charge is 2.28. The lowest BCUT2D eigenvalue weighted by molar-refractivity contribution is -0.142. The summed E-state index contributed by atoms with van der Waals surface area (Å²) in [4.78, 5) is 18.3. The normalized spacial score (nSPS) is 17.8. The van der Waals surface area contributed by atoms with Crippen LogP contribution in [0, 0.1) is 13.8 Å². The molecule has 2 heterocycles. The monoisotopic (exact) mass is 452 g/mol. The van der Waals surface area contributed by atoms with Crippen molar-refractivity contribution in [3.05, 3.63) is 71.1 Å². The number of carboxylic acid groups (broad SMARTS) is 1. The van der Waals surface area contributed by atoms with Gasteiger partial charge in [0.2, 0.25) is 5.89 Å². The van der Waals surface area contributed by atoms with E-state index in [0.29, 0.717) is 18.2 Å². The van der Waals surface area contributed by atoms with E-state index >= 15 is 0 Å². The second-order valence-corrected chi connectivity index (χ2v) is 9.28. The first-order valence-electron chi connectivity index (χ1n) is 10.8. The van der Waals surface area contributed by atoms with Crippen LogP contribution in [-0.2, 0) is 11.3 Å². The fourth-order valence-corrected chi connectivity index (χ4v) is 4.98. The van der Waals surface area contributed by atoms with Gasteiger partial charge in [0.05, 0.1) is 0 Å². The van der Waals surface area contributed by atoms with Crippen molar-refractivity contribution in [3.63, 3.8) is 0 Å². The molecule has 2 aromatic carbocycles. The zero-order valence-corrected chi connectivity index (χ0v) is 19.4. The standard InChI is InChI=1S/C25H28N2O4S/c1-16-7-9-20(10-8-16)24-26-23(18(3)31-24)17(2)30-21-6-4-5-19(13-21)14-27-11-12-32-15-22(27)25(28)29/h4-10,13,17,22H,11-12,14-15H2,1-3H3,(H,28,29). The molecule has 32 heavy (non-hydrogen) atoms. The molecule has 1 aliphatic rings. The zero-order chi connectivity index (χ0) is 22.7. The van der Waals surface area contributed by atoms with Crippen LogP contribution < -0.4 is 4.74 Å². The van der Waals surface area contributed by atoms with Crippen LogP contribution in [0.2, 0.25) is 0 Å². The number of aromatic nitrogens is 1. The predicted molar refractivity (Wildman–Crippen MR) is 126 cm³/mol. The first-order chi connectivity index (χ1) is 15.4. The van der Waals surface area contributed by atoms with Crippen molar-refractivity contribution < 1.29 is 19.1 Å². The Morgan fingerprint density at radius 3 is 2.81 bits per heavy atom. The second kappa shape index (κ2) is 9.79. The maximum absolute atomic E-state index is 11.6. The Kier molecular flexibility index (Phi) is 6.86. The molecule has 0 aliphatic carbocycles. The number of oxazole rings is 1. The molecule has 6 nitrogen and oxygen atoms in total. The number of rotatable bonds is 7. The Hall–Kier alpha value is -2.77. The molecule has 4 rings (SSSR count). The van der Waals surface area contributed by atoms with Crippen molar-refractivity contribution in [1.82, 2.24) is 9.88 Å². The van der Waals surface area contributed by atoms with E-state index in [-0.39, 0.29) is 6.10 Å². The Balaban J connectivity index is 1.46. The van der Waals surface area contributed by atoms with Crippen LogP contribution in [0.5, 0.6) is 5.75 Å². The molecule has 2 atom stereocenters. The van der Waals surface area contributed by atoms with Crippen LogP contribution in [0.4, 0.5) is 0 Å². The van der Waals surface area contributed by atoms with Gasteiger partial charge in [0.1, 0.15) is 29.3 Å². The molecule has 3 aromatic rings. The maximum Gasteiger partial charge on any atom is 0.321 e. The number of hydrogen-bond donors (Lipinski definition) is 1. The summed E-state index contributed by atoms with van der Waals surface area (Å²) >= 11 is 1.69. The van der Waals surface area contributed by atoms with Crippen LogP contribution in [0.3, 0.4) is 0 Å². The summed E-state index contributed by atoms with van der Waals surface area (Å²) in [6.07, 6.45) is -0.286. The van der Waals surface area contributed by atoms with Gasteiger partial charge in [-0.3, -0.25) is 9.69 Å². The molecule has 0 bridgehead atoms. The van der Waals surface area contributed by atoms with Gasteiger partial charge in [0.25, 0.3) is 0 Å². The Morgan fingerprint density at radius 2 is 2.06 bits per heavy atom. The number of aliphatic carboxylic acids is 1. The van der Waals surface area contributed by atoms with E-state index in [1.54, 1.807) is 11.8 Å². The number of benzene rings is 2. The molecule has 0 spiro atoms. The largest absolute Gasteiger partial charge is 0.484 e. The average molecular weight is 453 g/mol. The average Bonchev–Trinajstić information content (AvgIpc) is 3.16. The number of aryl methyl sites for hydroxylation is 2. The number of carbonyl (C=O) groups is 1. The number of carboxylic acids is 1. The van der Waals surface area contributed by atoms with Crippen LogP contribution in [0.1, 0.15) is 35.6 Å². The second-order valence-electron chi connectivity index (χ2n) is 8.13. The summed E-state index contributed by atoms with van der Waals surface area (Å²) in [5.41, 5.74) is 3.92. The highest BCUT2D eigenvalue weighted by molar-refractivity contribution is 7.99. The molecule has 1 fully saturated rings. The van der Waals surface area contributed by atoms with E-state index in [4.69, 9.17) is 9.15 Å². The molecular formula is C25H28N2O4S. The minimum atomic E-state index is -0.760. The third-order valence-electron chi connectivity index (χ3n) is 5.64. The molecule has 0 amide bonds.